The maximum absolute atomic E-state index is 12.0. The molecule has 3 N–H and O–H groups in total. The third kappa shape index (κ3) is 4.82. The number of nitrogens with one attached hydrogen (secondary N) is 1. The van der Waals surface area contributed by atoms with Crippen LogP contribution in [0.4, 0.5) is 5.69 Å². The van der Waals surface area contributed by atoms with Crippen LogP contribution in [0.3, 0.4) is 0 Å². The van der Waals surface area contributed by atoms with Crippen LogP contribution in [-0.4, -0.2) is 21.9 Å². The lowest BCUT2D eigenvalue weighted by atomic mass is 10.0. The molecule has 1 heterocycles. The Morgan fingerprint density at radius 3 is 2.86 bits per heavy atom. The van der Waals surface area contributed by atoms with Crippen molar-refractivity contribution in [1.29, 1.82) is 0 Å². The van der Waals surface area contributed by atoms with Gasteiger partial charge in [0.15, 0.2) is 0 Å². The lowest BCUT2D eigenvalue weighted by Crippen LogP contribution is -2.36. The Bertz CT molecular complexity index is 617. The van der Waals surface area contributed by atoms with E-state index in [0.717, 1.165) is 0 Å². The summed E-state index contributed by atoms with van der Waals surface area (Å²) >= 11 is 0. The van der Waals surface area contributed by atoms with Gasteiger partial charge in [-0.2, -0.15) is 0 Å². The van der Waals surface area contributed by atoms with Gasteiger partial charge in [0.1, 0.15) is 5.75 Å². The van der Waals surface area contributed by atoms with E-state index in [-0.39, 0.29) is 5.91 Å². The molecule has 0 fully saturated rings. The molecule has 0 aliphatic carbocycles. The molecule has 22 heavy (non-hydrogen) atoms. The molecule has 116 valence electrons. The molecule has 0 saturated carbocycles. The molecular formula is C16H20N4O2. The van der Waals surface area contributed by atoms with Crippen LogP contribution in [0, 0.1) is 5.92 Å². The molecule has 0 saturated heterocycles. The normalized spacial score (nSPS) is 12.0. The molecule has 0 aliphatic heterocycles. The summed E-state index contributed by atoms with van der Waals surface area (Å²) in [7, 11) is 0. The summed E-state index contributed by atoms with van der Waals surface area (Å²) in [5.74, 6) is 1.12. The Kier molecular flexibility index (Phi) is 5.43. The summed E-state index contributed by atoms with van der Waals surface area (Å²) in [6, 6.07) is 6.54. The summed E-state index contributed by atoms with van der Waals surface area (Å²) in [6.07, 6.45) is 5.27. The van der Waals surface area contributed by atoms with E-state index >= 15 is 0 Å². The number of ether oxygens (including phenoxy) is 1. The fourth-order valence-corrected chi connectivity index (χ4v) is 1.95. The van der Waals surface area contributed by atoms with E-state index in [4.69, 9.17) is 10.5 Å². The van der Waals surface area contributed by atoms with Crippen LogP contribution in [0.15, 0.2) is 42.9 Å². The molecule has 6 heteroatoms. The fourth-order valence-electron chi connectivity index (χ4n) is 1.95. The van der Waals surface area contributed by atoms with Gasteiger partial charge in [0, 0.05) is 24.1 Å². The average Bonchev–Trinajstić information content (AvgIpc) is 2.48. The van der Waals surface area contributed by atoms with Crippen LogP contribution >= 0.6 is 0 Å². The second kappa shape index (κ2) is 7.51. The highest BCUT2D eigenvalue weighted by atomic mass is 16.5. The van der Waals surface area contributed by atoms with E-state index in [0.29, 0.717) is 29.7 Å². The molecule has 1 atom stereocenters. The van der Waals surface area contributed by atoms with E-state index in [9.17, 15) is 4.79 Å². The molecular weight excluding hydrogens is 280 g/mol. The van der Waals surface area contributed by atoms with E-state index in [1.807, 2.05) is 13.8 Å². The van der Waals surface area contributed by atoms with Crippen molar-refractivity contribution in [3.8, 4) is 11.6 Å². The Morgan fingerprint density at radius 2 is 2.18 bits per heavy atom. The van der Waals surface area contributed by atoms with Gasteiger partial charge in [-0.05, 0) is 24.5 Å². The van der Waals surface area contributed by atoms with Crippen molar-refractivity contribution in [3.05, 3.63) is 42.9 Å². The second-order valence-corrected chi connectivity index (χ2v) is 5.40. The van der Waals surface area contributed by atoms with Crippen LogP contribution in [-0.2, 0) is 4.79 Å². The smallest absolute Gasteiger partial charge is 0.241 e. The van der Waals surface area contributed by atoms with Crippen LogP contribution in [0.1, 0.15) is 20.3 Å². The van der Waals surface area contributed by atoms with Crippen molar-refractivity contribution in [3.63, 3.8) is 0 Å². The van der Waals surface area contributed by atoms with Gasteiger partial charge in [0.2, 0.25) is 11.8 Å². The largest absolute Gasteiger partial charge is 0.437 e. The van der Waals surface area contributed by atoms with Gasteiger partial charge in [-0.1, -0.05) is 19.9 Å². The van der Waals surface area contributed by atoms with Crippen LogP contribution in [0.25, 0.3) is 0 Å². The zero-order valence-corrected chi connectivity index (χ0v) is 12.7. The number of carbonyl (C=O) groups is 1. The molecule has 1 aromatic carbocycles. The van der Waals surface area contributed by atoms with Crippen molar-refractivity contribution in [1.82, 2.24) is 9.97 Å². The molecule has 0 spiro atoms. The summed E-state index contributed by atoms with van der Waals surface area (Å²) in [4.78, 5) is 20.0. The number of hydrogen-bond acceptors (Lipinski definition) is 5. The topological polar surface area (TPSA) is 90.1 Å². The second-order valence-electron chi connectivity index (χ2n) is 5.40. The molecule has 0 unspecified atom stereocenters. The van der Waals surface area contributed by atoms with Crippen LogP contribution in [0.5, 0.6) is 11.6 Å². The Hall–Kier alpha value is -2.47. The SMILES string of the molecule is CC(C)C[C@H](N)C(=O)Nc1cccc(Oc2cnccn2)c1. The minimum absolute atomic E-state index is 0.203. The zero-order chi connectivity index (χ0) is 15.9. The van der Waals surface area contributed by atoms with E-state index in [2.05, 4.69) is 15.3 Å². The molecule has 0 bridgehead atoms. The maximum atomic E-state index is 12.0. The quantitative estimate of drug-likeness (QED) is 0.855. The highest BCUT2D eigenvalue weighted by Crippen LogP contribution is 2.22. The molecule has 1 amide bonds. The number of anilines is 1. The summed E-state index contributed by atoms with van der Waals surface area (Å²) in [5.41, 5.74) is 6.50. The number of nitrogens with two attached hydrogens (primary N) is 1. The number of carbonyl (C=O) groups excluding carboxylic acids is 1. The Balaban J connectivity index is 2.01. The van der Waals surface area contributed by atoms with E-state index < -0.39 is 6.04 Å². The van der Waals surface area contributed by atoms with Crippen molar-refractivity contribution in [2.75, 3.05) is 5.32 Å². The molecule has 2 aromatic rings. The van der Waals surface area contributed by atoms with Crippen molar-refractivity contribution >= 4 is 11.6 Å². The maximum Gasteiger partial charge on any atom is 0.241 e. The highest BCUT2D eigenvalue weighted by molar-refractivity contribution is 5.94. The minimum Gasteiger partial charge on any atom is -0.437 e. The van der Waals surface area contributed by atoms with Crippen molar-refractivity contribution in [2.45, 2.75) is 26.3 Å². The van der Waals surface area contributed by atoms with Crippen LogP contribution in [0.2, 0.25) is 0 Å². The number of rotatable bonds is 6. The van der Waals surface area contributed by atoms with E-state index in [1.54, 1.807) is 36.7 Å². The molecule has 0 radical (unpaired) electrons. The molecule has 1 aromatic heterocycles. The summed E-state index contributed by atoms with van der Waals surface area (Å²) < 4.78 is 5.57. The number of hydrogen-bond donors (Lipinski definition) is 2. The molecule has 0 aliphatic rings. The predicted molar refractivity (Wildman–Crippen MR) is 84.6 cm³/mol. The molecule has 6 nitrogen and oxygen atoms in total. The van der Waals surface area contributed by atoms with Gasteiger partial charge in [-0.25, -0.2) is 4.98 Å². The first-order chi connectivity index (χ1) is 10.5. The number of benzene rings is 1. The standard InChI is InChI=1S/C16H20N4O2/c1-11(2)8-14(17)16(21)20-12-4-3-5-13(9-12)22-15-10-18-6-7-19-15/h3-7,9-11,14H,8,17H2,1-2H3,(H,20,21)/t14-/m0/s1. The van der Waals surface area contributed by atoms with Crippen molar-refractivity contribution < 1.29 is 9.53 Å². The van der Waals surface area contributed by atoms with Gasteiger partial charge in [-0.15, -0.1) is 0 Å². The van der Waals surface area contributed by atoms with Gasteiger partial charge < -0.3 is 15.8 Å². The Labute approximate surface area is 129 Å². The first-order valence-corrected chi connectivity index (χ1v) is 7.15. The van der Waals surface area contributed by atoms with Crippen LogP contribution < -0.4 is 15.8 Å². The van der Waals surface area contributed by atoms with Gasteiger partial charge in [-0.3, -0.25) is 9.78 Å². The van der Waals surface area contributed by atoms with Gasteiger partial charge >= 0.3 is 0 Å². The minimum atomic E-state index is -0.524. The summed E-state index contributed by atoms with van der Waals surface area (Å²) in [6.45, 7) is 4.06. The first-order valence-electron chi connectivity index (χ1n) is 7.15. The summed E-state index contributed by atoms with van der Waals surface area (Å²) in [5, 5.41) is 2.79. The Morgan fingerprint density at radius 1 is 1.36 bits per heavy atom. The fraction of sp³-hybridized carbons (Fsp3) is 0.312. The highest BCUT2D eigenvalue weighted by Gasteiger charge is 2.15. The lowest BCUT2D eigenvalue weighted by molar-refractivity contribution is -0.117. The predicted octanol–water partition coefficient (Wildman–Crippen LogP) is 2.58. The third-order valence-electron chi connectivity index (χ3n) is 2.93. The van der Waals surface area contributed by atoms with E-state index in [1.165, 1.54) is 6.20 Å². The number of amides is 1. The monoisotopic (exact) mass is 300 g/mol. The van der Waals surface area contributed by atoms with Gasteiger partial charge in [0.05, 0.1) is 12.2 Å². The zero-order valence-electron chi connectivity index (χ0n) is 12.7. The molecule has 2 rings (SSSR count). The average molecular weight is 300 g/mol. The third-order valence-corrected chi connectivity index (χ3v) is 2.93. The van der Waals surface area contributed by atoms with Crippen molar-refractivity contribution in [2.24, 2.45) is 11.7 Å². The first kappa shape index (κ1) is 15.9. The van der Waals surface area contributed by atoms with Gasteiger partial charge in [0.25, 0.3) is 0 Å². The number of nitrogens with zero attached hydrogens (tertiary/aromatic N) is 2. The number of aromatic nitrogens is 2. The lowest BCUT2D eigenvalue weighted by Gasteiger charge is -2.14.